The van der Waals surface area contributed by atoms with E-state index in [0.717, 1.165) is 23.7 Å². The lowest BCUT2D eigenvalue weighted by Gasteiger charge is -2.19. The molecule has 1 atom stereocenters. The first-order valence-electron chi connectivity index (χ1n) is 10.2. The van der Waals surface area contributed by atoms with E-state index >= 15 is 0 Å². The quantitative estimate of drug-likeness (QED) is 0.348. The molecule has 0 spiro atoms. The van der Waals surface area contributed by atoms with Gasteiger partial charge in [-0.25, -0.2) is 9.18 Å². The number of aromatic nitrogens is 4. The topological polar surface area (TPSA) is 107 Å². The van der Waals surface area contributed by atoms with Gasteiger partial charge in [-0.2, -0.15) is 17.9 Å². The molecule has 2 heterocycles. The molecule has 0 saturated heterocycles. The summed E-state index contributed by atoms with van der Waals surface area (Å²) in [4.78, 5) is 12.7. The van der Waals surface area contributed by atoms with Crippen LogP contribution in [0.15, 0.2) is 39.6 Å². The van der Waals surface area contributed by atoms with Crippen LogP contribution >= 0.6 is 11.6 Å². The second kappa shape index (κ2) is 9.23. The van der Waals surface area contributed by atoms with Crippen LogP contribution in [0.25, 0.3) is 16.7 Å². The third-order valence-electron chi connectivity index (χ3n) is 5.14. The maximum Gasteiger partial charge on any atom is 0.425 e. The van der Waals surface area contributed by atoms with Crippen LogP contribution in [0.3, 0.4) is 0 Å². The zero-order chi connectivity index (χ0) is 25.5. The monoisotopic (exact) mass is 515 g/mol. The third-order valence-corrected chi connectivity index (χ3v) is 5.45. The molecule has 186 valence electrons. The molecule has 0 unspecified atom stereocenters. The number of benzene rings is 2. The lowest BCUT2D eigenvalue weighted by atomic mass is 10.2. The van der Waals surface area contributed by atoms with Crippen molar-refractivity contribution in [3.8, 4) is 11.4 Å². The molecular formula is C21H18ClF4N5O4. The van der Waals surface area contributed by atoms with Gasteiger partial charge in [-0.05, 0) is 26.0 Å². The molecule has 0 aliphatic heterocycles. The number of aliphatic hydroxyl groups excluding tert-OH is 1. The first kappa shape index (κ1) is 24.5. The van der Waals surface area contributed by atoms with Crippen molar-refractivity contribution in [2.45, 2.75) is 39.3 Å². The number of rotatable bonds is 7. The van der Waals surface area contributed by atoms with E-state index in [4.69, 9.17) is 20.9 Å². The van der Waals surface area contributed by atoms with Crippen molar-refractivity contribution in [2.75, 3.05) is 5.32 Å². The second-order valence-corrected chi connectivity index (χ2v) is 7.79. The molecule has 0 radical (unpaired) electrons. The fourth-order valence-corrected chi connectivity index (χ4v) is 3.57. The van der Waals surface area contributed by atoms with Crippen molar-refractivity contribution in [1.29, 1.82) is 0 Å². The Morgan fingerprint density at radius 3 is 2.66 bits per heavy atom. The van der Waals surface area contributed by atoms with Crippen molar-refractivity contribution < 1.29 is 31.9 Å². The van der Waals surface area contributed by atoms with E-state index in [1.54, 1.807) is 6.92 Å². The molecule has 0 amide bonds. The van der Waals surface area contributed by atoms with Crippen LogP contribution in [-0.4, -0.2) is 36.9 Å². The molecule has 0 aliphatic rings. The van der Waals surface area contributed by atoms with Crippen molar-refractivity contribution in [1.82, 2.24) is 19.5 Å². The van der Waals surface area contributed by atoms with Gasteiger partial charge in [0.1, 0.15) is 23.6 Å². The molecule has 4 aromatic rings. The average molecular weight is 516 g/mol. The highest BCUT2D eigenvalue weighted by atomic mass is 35.5. The van der Waals surface area contributed by atoms with Gasteiger partial charge in [0.05, 0.1) is 16.4 Å². The first-order chi connectivity index (χ1) is 16.5. The summed E-state index contributed by atoms with van der Waals surface area (Å²) in [6, 6.07) is 6.37. The minimum atomic E-state index is -4.72. The van der Waals surface area contributed by atoms with Gasteiger partial charge < -0.3 is 19.7 Å². The fourth-order valence-electron chi connectivity index (χ4n) is 3.36. The number of alkyl halides is 3. The molecule has 2 N–H and O–H groups in total. The van der Waals surface area contributed by atoms with Gasteiger partial charge >= 0.3 is 11.9 Å². The van der Waals surface area contributed by atoms with E-state index < -0.39 is 30.4 Å². The smallest absolute Gasteiger partial charge is 0.425 e. The molecule has 0 aliphatic carbocycles. The summed E-state index contributed by atoms with van der Waals surface area (Å²) < 4.78 is 66.7. The normalized spacial score (nSPS) is 12.8. The summed E-state index contributed by atoms with van der Waals surface area (Å²) in [5.41, 5.74) is -0.888. The van der Waals surface area contributed by atoms with Crippen LogP contribution in [-0.2, 0) is 13.2 Å². The standard InChI is InChI=1S/C21H18ClF4N5O4/c1-3-30-16(9-32)28-31(20(30)33)11-7-14(34-10(2)21(24,25)26)17-15(8-11)35-29-19(17)27-18-12(22)5-4-6-13(18)23/h4-8,10,32H,3,9H2,1-2H3,(H,27,29)/t10-/m0/s1. The second-order valence-electron chi connectivity index (χ2n) is 7.38. The predicted molar refractivity (Wildman–Crippen MR) is 118 cm³/mol. The summed E-state index contributed by atoms with van der Waals surface area (Å²) in [5.74, 6) is -1.20. The Bertz CT molecular complexity index is 1430. The lowest BCUT2D eigenvalue weighted by molar-refractivity contribution is -0.188. The largest absolute Gasteiger partial charge is 0.480 e. The molecule has 35 heavy (non-hydrogen) atoms. The number of hydrogen-bond donors (Lipinski definition) is 2. The average Bonchev–Trinajstić information content (AvgIpc) is 3.35. The van der Waals surface area contributed by atoms with E-state index in [1.807, 2.05) is 0 Å². The number of anilines is 2. The minimum Gasteiger partial charge on any atom is -0.480 e. The zero-order valence-electron chi connectivity index (χ0n) is 18.2. The van der Waals surface area contributed by atoms with Crippen LogP contribution < -0.4 is 15.7 Å². The number of nitrogens with zero attached hydrogens (tertiary/aromatic N) is 4. The number of para-hydroxylation sites is 1. The maximum atomic E-state index is 14.3. The van der Waals surface area contributed by atoms with Gasteiger partial charge in [0, 0.05) is 18.7 Å². The van der Waals surface area contributed by atoms with Gasteiger partial charge in [-0.15, -0.1) is 5.10 Å². The molecule has 0 fully saturated rings. The molecule has 0 bridgehead atoms. The molecule has 0 saturated carbocycles. The predicted octanol–water partition coefficient (Wildman–Crippen LogP) is 4.55. The van der Waals surface area contributed by atoms with Crippen LogP contribution in [0, 0.1) is 5.82 Å². The summed E-state index contributed by atoms with van der Waals surface area (Å²) in [5, 5.41) is 19.9. The Morgan fingerprint density at radius 2 is 2.06 bits per heavy atom. The van der Waals surface area contributed by atoms with E-state index in [9.17, 15) is 27.5 Å². The van der Waals surface area contributed by atoms with E-state index in [-0.39, 0.29) is 51.3 Å². The number of aliphatic hydroxyl groups is 1. The van der Waals surface area contributed by atoms with Gasteiger partial charge in [0.15, 0.2) is 23.3 Å². The van der Waals surface area contributed by atoms with Crippen molar-refractivity contribution in [3.63, 3.8) is 0 Å². The van der Waals surface area contributed by atoms with Gasteiger partial charge in [-0.3, -0.25) is 4.57 Å². The van der Waals surface area contributed by atoms with Crippen molar-refractivity contribution in [2.24, 2.45) is 0 Å². The number of nitrogens with one attached hydrogen (secondary N) is 1. The highest BCUT2D eigenvalue weighted by Gasteiger charge is 2.39. The molecule has 14 heteroatoms. The Kier molecular flexibility index (Phi) is 6.47. The molecule has 2 aromatic carbocycles. The van der Waals surface area contributed by atoms with Crippen LogP contribution in [0.2, 0.25) is 5.02 Å². The van der Waals surface area contributed by atoms with E-state index in [1.165, 1.54) is 22.8 Å². The summed E-state index contributed by atoms with van der Waals surface area (Å²) >= 11 is 6.04. The van der Waals surface area contributed by atoms with Crippen molar-refractivity contribution in [3.05, 3.63) is 57.5 Å². The Labute approximate surface area is 199 Å². The Balaban J connectivity index is 1.90. The van der Waals surface area contributed by atoms with Crippen LogP contribution in [0.4, 0.5) is 29.1 Å². The number of hydrogen-bond acceptors (Lipinski definition) is 7. The summed E-state index contributed by atoms with van der Waals surface area (Å²) in [6.07, 6.45) is -6.97. The van der Waals surface area contributed by atoms with Crippen LogP contribution in [0.5, 0.6) is 5.75 Å². The molecule has 9 nitrogen and oxygen atoms in total. The summed E-state index contributed by atoms with van der Waals surface area (Å²) in [7, 11) is 0. The van der Waals surface area contributed by atoms with Gasteiger partial charge in [0.2, 0.25) is 0 Å². The highest BCUT2D eigenvalue weighted by Crippen LogP contribution is 2.39. The number of halogens is 5. The highest BCUT2D eigenvalue weighted by molar-refractivity contribution is 6.33. The lowest BCUT2D eigenvalue weighted by Crippen LogP contribution is -2.31. The first-order valence-corrected chi connectivity index (χ1v) is 10.6. The molecular weight excluding hydrogens is 498 g/mol. The van der Waals surface area contributed by atoms with Crippen LogP contribution in [0.1, 0.15) is 19.7 Å². The van der Waals surface area contributed by atoms with E-state index in [0.29, 0.717) is 0 Å². The SMILES string of the molecule is CCn1c(CO)nn(-c2cc(O[C@@H](C)C(F)(F)F)c3c(Nc4c(F)cccc4Cl)noc3c2)c1=O. The van der Waals surface area contributed by atoms with Crippen molar-refractivity contribution >= 4 is 34.1 Å². The van der Waals surface area contributed by atoms with Gasteiger partial charge in [-0.1, -0.05) is 22.8 Å². The summed E-state index contributed by atoms with van der Waals surface area (Å²) in [6.45, 7) is 2.13. The third kappa shape index (κ3) is 4.56. The number of ether oxygens (including phenoxy) is 1. The minimum absolute atomic E-state index is 0.000369. The molecule has 4 rings (SSSR count). The Morgan fingerprint density at radius 1 is 1.31 bits per heavy atom. The molecule has 2 aromatic heterocycles. The number of fused-ring (bicyclic) bond motifs is 1. The van der Waals surface area contributed by atoms with Gasteiger partial charge in [0.25, 0.3) is 0 Å². The fraction of sp³-hybridized carbons (Fsp3) is 0.286. The van der Waals surface area contributed by atoms with E-state index in [2.05, 4.69) is 15.6 Å². The Hall–Kier alpha value is -3.58. The zero-order valence-corrected chi connectivity index (χ0v) is 19.0. The maximum absolute atomic E-state index is 14.3.